The molecule has 1 aliphatic heterocycles. The lowest BCUT2D eigenvalue weighted by atomic mass is 10.2. The van der Waals surface area contributed by atoms with Gasteiger partial charge in [0.2, 0.25) is 5.88 Å². The summed E-state index contributed by atoms with van der Waals surface area (Å²) in [6.45, 7) is 3.64. The fourth-order valence-corrected chi connectivity index (χ4v) is 3.56. The smallest absolute Gasteiger partial charge is 0.257 e. The number of methoxy groups -OCH3 is 1. The van der Waals surface area contributed by atoms with E-state index in [4.69, 9.17) is 10.00 Å². The fourth-order valence-electron chi connectivity index (χ4n) is 3.56. The van der Waals surface area contributed by atoms with Crippen molar-refractivity contribution in [3.05, 3.63) is 78.0 Å². The first kappa shape index (κ1) is 20.2. The van der Waals surface area contributed by atoms with Crippen molar-refractivity contribution in [1.82, 2.24) is 4.98 Å². The molecule has 0 spiro atoms. The second-order valence-corrected chi connectivity index (χ2v) is 7.22. The average Bonchev–Trinajstić information content (AvgIpc) is 2.85. The van der Waals surface area contributed by atoms with Gasteiger partial charge < -0.3 is 19.9 Å². The van der Waals surface area contributed by atoms with Crippen LogP contribution in [0.5, 0.6) is 5.88 Å². The minimum atomic E-state index is -0.209. The molecule has 2 heterocycles. The van der Waals surface area contributed by atoms with E-state index in [0.29, 0.717) is 17.0 Å². The summed E-state index contributed by atoms with van der Waals surface area (Å²) in [5, 5.41) is 11.8. The number of nitrogens with one attached hydrogen (secondary N) is 1. The van der Waals surface area contributed by atoms with Crippen LogP contribution < -0.4 is 19.9 Å². The monoisotopic (exact) mass is 413 g/mol. The second-order valence-electron chi connectivity index (χ2n) is 7.22. The van der Waals surface area contributed by atoms with Gasteiger partial charge in [-0.1, -0.05) is 0 Å². The minimum Gasteiger partial charge on any atom is -0.481 e. The number of aromatic nitrogens is 1. The number of nitrogens with zero attached hydrogens (tertiary/aromatic N) is 4. The molecular weight excluding hydrogens is 390 g/mol. The number of carbonyl (C=O) groups excluding carboxylic acids is 1. The average molecular weight is 413 g/mol. The summed E-state index contributed by atoms with van der Waals surface area (Å²) in [5.74, 6) is 0.263. The fraction of sp³-hybridized carbons (Fsp3) is 0.208. The molecule has 0 bridgehead atoms. The first-order chi connectivity index (χ1) is 15.2. The van der Waals surface area contributed by atoms with Crippen molar-refractivity contribution in [2.24, 2.45) is 0 Å². The van der Waals surface area contributed by atoms with Crippen molar-refractivity contribution in [2.75, 3.05) is 48.4 Å². The topological polar surface area (TPSA) is 81.5 Å². The van der Waals surface area contributed by atoms with Gasteiger partial charge in [-0.15, -0.1) is 0 Å². The SMILES string of the molecule is COc1ccc(C(=O)Nc2ccc(N3CCN(c4ccc(C#N)cc4)CC3)cc2)cn1. The zero-order valence-corrected chi connectivity index (χ0v) is 17.3. The van der Waals surface area contributed by atoms with Gasteiger partial charge in [-0.05, 0) is 54.6 Å². The molecule has 7 nitrogen and oxygen atoms in total. The summed E-state index contributed by atoms with van der Waals surface area (Å²) < 4.78 is 5.02. The predicted octanol–water partition coefficient (Wildman–Crippen LogP) is 3.54. The van der Waals surface area contributed by atoms with E-state index in [9.17, 15) is 4.79 Å². The Balaban J connectivity index is 1.33. The number of anilines is 3. The number of nitriles is 1. The summed E-state index contributed by atoms with van der Waals surface area (Å²) >= 11 is 0. The third kappa shape index (κ3) is 4.75. The van der Waals surface area contributed by atoms with E-state index >= 15 is 0 Å². The molecule has 1 aromatic heterocycles. The van der Waals surface area contributed by atoms with E-state index in [1.165, 1.54) is 13.3 Å². The quantitative estimate of drug-likeness (QED) is 0.689. The van der Waals surface area contributed by atoms with Crippen molar-refractivity contribution >= 4 is 23.0 Å². The van der Waals surface area contributed by atoms with Crippen LogP contribution in [-0.4, -0.2) is 44.2 Å². The summed E-state index contributed by atoms with van der Waals surface area (Å²) in [4.78, 5) is 21.1. The number of piperazine rings is 1. The number of carbonyl (C=O) groups is 1. The lowest BCUT2D eigenvalue weighted by Crippen LogP contribution is -2.46. The summed E-state index contributed by atoms with van der Waals surface area (Å²) in [6, 6.07) is 21.1. The van der Waals surface area contributed by atoms with Gasteiger partial charge in [-0.25, -0.2) is 4.98 Å². The molecule has 0 atom stereocenters. The van der Waals surface area contributed by atoms with E-state index in [2.05, 4.69) is 26.2 Å². The molecule has 1 N–H and O–H groups in total. The molecule has 1 saturated heterocycles. The largest absolute Gasteiger partial charge is 0.481 e. The second kappa shape index (κ2) is 9.18. The molecule has 0 radical (unpaired) electrons. The van der Waals surface area contributed by atoms with Crippen LogP contribution in [-0.2, 0) is 0 Å². The third-order valence-electron chi connectivity index (χ3n) is 5.34. The van der Waals surface area contributed by atoms with Crippen LogP contribution in [0.3, 0.4) is 0 Å². The zero-order chi connectivity index (χ0) is 21.6. The maximum atomic E-state index is 12.4. The van der Waals surface area contributed by atoms with Gasteiger partial charge >= 0.3 is 0 Å². The molecular formula is C24H23N5O2. The molecule has 0 unspecified atom stereocenters. The normalized spacial score (nSPS) is 13.4. The van der Waals surface area contributed by atoms with E-state index in [1.54, 1.807) is 12.1 Å². The summed E-state index contributed by atoms with van der Waals surface area (Å²) in [6.07, 6.45) is 1.50. The molecule has 2 aromatic carbocycles. The third-order valence-corrected chi connectivity index (χ3v) is 5.34. The van der Waals surface area contributed by atoms with Crippen molar-refractivity contribution < 1.29 is 9.53 Å². The Morgan fingerprint density at radius 1 is 0.935 bits per heavy atom. The highest BCUT2D eigenvalue weighted by atomic mass is 16.5. The van der Waals surface area contributed by atoms with Gasteiger partial charge in [0.25, 0.3) is 5.91 Å². The zero-order valence-electron chi connectivity index (χ0n) is 17.3. The standard InChI is InChI=1S/C24H23N5O2/c1-31-23-11-4-19(17-26-23)24(30)27-20-5-9-22(10-6-20)29-14-12-28(13-15-29)21-7-2-18(16-25)3-8-21/h2-11,17H,12-15H2,1H3,(H,27,30). The lowest BCUT2D eigenvalue weighted by Gasteiger charge is -2.37. The van der Waals surface area contributed by atoms with E-state index in [1.807, 2.05) is 48.5 Å². The lowest BCUT2D eigenvalue weighted by molar-refractivity contribution is 0.102. The van der Waals surface area contributed by atoms with Crippen molar-refractivity contribution in [3.63, 3.8) is 0 Å². The number of hydrogen-bond acceptors (Lipinski definition) is 6. The Kier molecular flexibility index (Phi) is 5.99. The van der Waals surface area contributed by atoms with E-state index in [0.717, 1.165) is 43.2 Å². The van der Waals surface area contributed by atoms with Crippen molar-refractivity contribution in [2.45, 2.75) is 0 Å². The predicted molar refractivity (Wildman–Crippen MR) is 121 cm³/mol. The van der Waals surface area contributed by atoms with Gasteiger partial charge in [0.1, 0.15) is 0 Å². The summed E-state index contributed by atoms with van der Waals surface area (Å²) in [7, 11) is 1.54. The van der Waals surface area contributed by atoms with Crippen LogP contribution in [0.1, 0.15) is 15.9 Å². The van der Waals surface area contributed by atoms with Crippen LogP contribution in [0.15, 0.2) is 66.9 Å². The molecule has 0 saturated carbocycles. The first-order valence-corrected chi connectivity index (χ1v) is 10.1. The number of pyridine rings is 1. The molecule has 31 heavy (non-hydrogen) atoms. The highest BCUT2D eigenvalue weighted by Gasteiger charge is 2.17. The molecule has 0 aliphatic carbocycles. The van der Waals surface area contributed by atoms with Gasteiger partial charge in [0, 0.05) is 55.5 Å². The maximum Gasteiger partial charge on any atom is 0.257 e. The van der Waals surface area contributed by atoms with Crippen LogP contribution in [0, 0.1) is 11.3 Å². The molecule has 1 fully saturated rings. The number of ether oxygens (including phenoxy) is 1. The Bertz CT molecular complexity index is 1060. The van der Waals surface area contributed by atoms with Crippen LogP contribution in [0.25, 0.3) is 0 Å². The molecule has 156 valence electrons. The molecule has 1 amide bonds. The van der Waals surface area contributed by atoms with Crippen molar-refractivity contribution in [3.8, 4) is 11.9 Å². The van der Waals surface area contributed by atoms with Gasteiger partial charge in [0.05, 0.1) is 24.3 Å². The number of benzene rings is 2. The Hall–Kier alpha value is -4.05. The first-order valence-electron chi connectivity index (χ1n) is 10.1. The Morgan fingerprint density at radius 2 is 1.52 bits per heavy atom. The Labute approximate surface area is 181 Å². The molecule has 3 aromatic rings. The number of hydrogen-bond donors (Lipinski definition) is 1. The van der Waals surface area contributed by atoms with Crippen LogP contribution in [0.4, 0.5) is 17.1 Å². The van der Waals surface area contributed by atoms with E-state index in [-0.39, 0.29) is 5.91 Å². The van der Waals surface area contributed by atoms with Crippen LogP contribution >= 0.6 is 0 Å². The van der Waals surface area contributed by atoms with Crippen molar-refractivity contribution in [1.29, 1.82) is 5.26 Å². The molecule has 1 aliphatic rings. The van der Waals surface area contributed by atoms with E-state index < -0.39 is 0 Å². The van der Waals surface area contributed by atoms with Gasteiger partial charge in [-0.3, -0.25) is 4.79 Å². The van der Waals surface area contributed by atoms with Crippen LogP contribution in [0.2, 0.25) is 0 Å². The minimum absolute atomic E-state index is 0.209. The summed E-state index contributed by atoms with van der Waals surface area (Å²) in [5.41, 5.74) is 4.16. The molecule has 7 heteroatoms. The number of amides is 1. The van der Waals surface area contributed by atoms with Gasteiger partial charge in [0.15, 0.2) is 0 Å². The molecule has 4 rings (SSSR count). The highest BCUT2D eigenvalue weighted by Crippen LogP contribution is 2.23. The number of rotatable bonds is 5. The Morgan fingerprint density at radius 3 is 2.00 bits per heavy atom. The maximum absolute atomic E-state index is 12.4. The highest BCUT2D eigenvalue weighted by molar-refractivity contribution is 6.04. The van der Waals surface area contributed by atoms with Gasteiger partial charge in [-0.2, -0.15) is 5.26 Å².